The summed E-state index contributed by atoms with van der Waals surface area (Å²) in [5, 5.41) is 12.7. The number of nitrogens with zero attached hydrogens (tertiary/aromatic N) is 2. The summed E-state index contributed by atoms with van der Waals surface area (Å²) in [5.41, 5.74) is -0.238. The van der Waals surface area contributed by atoms with Crippen molar-refractivity contribution in [3.8, 4) is 0 Å². The Labute approximate surface area is 158 Å². The molecule has 1 heterocycles. The molecule has 1 fully saturated rings. The smallest absolute Gasteiger partial charge is 0.194 e. The van der Waals surface area contributed by atoms with E-state index in [9.17, 15) is 13.5 Å². The fraction of sp³-hybridized carbons (Fsp3) is 0.933. The van der Waals surface area contributed by atoms with Gasteiger partial charge in [-0.3, -0.25) is 4.99 Å². The van der Waals surface area contributed by atoms with Gasteiger partial charge < -0.3 is 15.3 Å². The van der Waals surface area contributed by atoms with Gasteiger partial charge in [0, 0.05) is 25.0 Å². The molecule has 1 rings (SSSR count). The summed E-state index contributed by atoms with van der Waals surface area (Å²) >= 11 is 0. The minimum absolute atomic E-state index is 0. The topological polar surface area (TPSA) is 82.0 Å². The highest BCUT2D eigenvalue weighted by Gasteiger charge is 2.41. The van der Waals surface area contributed by atoms with Gasteiger partial charge >= 0.3 is 0 Å². The molecule has 1 unspecified atom stereocenters. The van der Waals surface area contributed by atoms with Gasteiger partial charge in [0.25, 0.3) is 0 Å². The highest BCUT2D eigenvalue weighted by Crippen LogP contribution is 2.24. The normalized spacial score (nSPS) is 22.9. The third-order valence-corrected chi connectivity index (χ3v) is 7.06. The number of halogens is 1. The van der Waals surface area contributed by atoms with Crippen LogP contribution in [0.4, 0.5) is 0 Å². The molecule has 0 aromatic heterocycles. The van der Waals surface area contributed by atoms with E-state index in [2.05, 4.69) is 10.3 Å². The molecule has 0 aromatic carbocycles. The van der Waals surface area contributed by atoms with Crippen LogP contribution in [0.1, 0.15) is 41.0 Å². The lowest BCUT2D eigenvalue weighted by Gasteiger charge is -2.39. The minimum Gasteiger partial charge on any atom is -0.396 e. The van der Waals surface area contributed by atoms with Crippen molar-refractivity contribution in [2.45, 2.75) is 45.8 Å². The maximum Gasteiger partial charge on any atom is 0.194 e. The zero-order chi connectivity index (χ0) is 17.0. The van der Waals surface area contributed by atoms with Crippen molar-refractivity contribution in [1.29, 1.82) is 0 Å². The van der Waals surface area contributed by atoms with Gasteiger partial charge in [-0.15, -0.1) is 24.0 Å². The van der Waals surface area contributed by atoms with Crippen LogP contribution < -0.4 is 5.32 Å². The number of hydrogen-bond acceptors (Lipinski definition) is 4. The van der Waals surface area contributed by atoms with E-state index in [0.717, 1.165) is 18.9 Å². The summed E-state index contributed by atoms with van der Waals surface area (Å²) in [7, 11) is -3.06. The van der Waals surface area contributed by atoms with Crippen molar-refractivity contribution in [3.63, 3.8) is 0 Å². The second-order valence-electron chi connectivity index (χ2n) is 6.99. The Bertz CT molecular complexity index is 502. The second-order valence-corrected chi connectivity index (χ2v) is 9.74. The molecule has 0 aliphatic carbocycles. The number of guanidine groups is 1. The van der Waals surface area contributed by atoms with E-state index in [-0.39, 0.29) is 41.8 Å². The minimum atomic E-state index is -3.06. The first-order valence-corrected chi connectivity index (χ1v) is 9.62. The third kappa shape index (κ3) is 5.74. The van der Waals surface area contributed by atoms with E-state index in [1.165, 1.54) is 0 Å². The summed E-state index contributed by atoms with van der Waals surface area (Å²) < 4.78 is 23.5. The molecule has 0 saturated carbocycles. The Balaban J connectivity index is 0.00000484. The highest BCUT2D eigenvalue weighted by molar-refractivity contribution is 14.0. The number of sulfone groups is 1. The van der Waals surface area contributed by atoms with E-state index in [1.54, 1.807) is 13.8 Å². The molecule has 2 N–H and O–H groups in total. The fourth-order valence-electron chi connectivity index (χ4n) is 2.29. The first-order chi connectivity index (χ1) is 10.1. The van der Waals surface area contributed by atoms with Crippen LogP contribution in [0.15, 0.2) is 4.99 Å². The molecule has 8 heteroatoms. The van der Waals surface area contributed by atoms with Crippen molar-refractivity contribution in [1.82, 2.24) is 10.2 Å². The van der Waals surface area contributed by atoms with Gasteiger partial charge in [-0.2, -0.15) is 0 Å². The van der Waals surface area contributed by atoms with Gasteiger partial charge in [0.2, 0.25) is 0 Å². The number of nitrogens with one attached hydrogen (secondary N) is 1. The molecule has 23 heavy (non-hydrogen) atoms. The van der Waals surface area contributed by atoms with E-state index < -0.39 is 14.6 Å². The molecule has 0 spiro atoms. The largest absolute Gasteiger partial charge is 0.396 e. The van der Waals surface area contributed by atoms with E-state index in [1.807, 2.05) is 25.7 Å². The van der Waals surface area contributed by atoms with Gasteiger partial charge in [0.15, 0.2) is 15.8 Å². The van der Waals surface area contributed by atoms with Crippen LogP contribution in [0, 0.1) is 5.41 Å². The van der Waals surface area contributed by atoms with Crippen LogP contribution in [-0.4, -0.2) is 67.7 Å². The van der Waals surface area contributed by atoms with Gasteiger partial charge in [-0.1, -0.05) is 13.8 Å². The molecule has 0 amide bonds. The van der Waals surface area contributed by atoms with Gasteiger partial charge in [-0.05, 0) is 27.2 Å². The van der Waals surface area contributed by atoms with Gasteiger partial charge in [0.1, 0.15) is 0 Å². The number of aliphatic imine (C=N–C) groups is 1. The van der Waals surface area contributed by atoms with Crippen LogP contribution in [0.5, 0.6) is 0 Å². The number of aliphatic hydroxyl groups is 1. The molecular formula is C15H32IN3O3S. The molecule has 6 nitrogen and oxygen atoms in total. The Morgan fingerprint density at radius 1 is 1.39 bits per heavy atom. The SMILES string of the molecule is CCNC(=NCC(C)(CC)CO)N1CCS(=O)(=O)C(C)(C)C1.I. The summed E-state index contributed by atoms with van der Waals surface area (Å²) in [4.78, 5) is 6.65. The third-order valence-electron chi connectivity index (χ3n) is 4.52. The molecule has 1 aliphatic heterocycles. The zero-order valence-corrected chi connectivity index (χ0v) is 18.1. The molecule has 1 saturated heterocycles. The van der Waals surface area contributed by atoms with Crippen molar-refractivity contribution < 1.29 is 13.5 Å². The van der Waals surface area contributed by atoms with Crippen molar-refractivity contribution in [2.24, 2.45) is 10.4 Å². The molecule has 138 valence electrons. The van der Waals surface area contributed by atoms with Crippen LogP contribution in [0.3, 0.4) is 0 Å². The van der Waals surface area contributed by atoms with E-state index in [0.29, 0.717) is 19.6 Å². The van der Waals surface area contributed by atoms with Crippen LogP contribution >= 0.6 is 24.0 Å². The fourth-order valence-corrected chi connectivity index (χ4v) is 3.66. The highest BCUT2D eigenvalue weighted by atomic mass is 127. The first kappa shape index (κ1) is 22.9. The Kier molecular flexibility index (Phi) is 8.81. The standard InChI is InChI=1S/C15H31N3O3S.HI/c1-6-15(5,12-19)10-17-13(16-7-2)18-8-9-22(20,21)14(3,4)11-18;/h19H,6-12H2,1-5H3,(H,16,17);1H. The van der Waals surface area contributed by atoms with Crippen molar-refractivity contribution >= 4 is 39.8 Å². The molecular weight excluding hydrogens is 429 g/mol. The molecule has 1 aliphatic rings. The number of hydrogen-bond donors (Lipinski definition) is 2. The predicted octanol–water partition coefficient (Wildman–Crippen LogP) is 1.49. The lowest BCUT2D eigenvalue weighted by atomic mass is 9.89. The predicted molar refractivity (Wildman–Crippen MR) is 106 cm³/mol. The molecule has 0 bridgehead atoms. The Morgan fingerprint density at radius 2 is 2.00 bits per heavy atom. The first-order valence-electron chi connectivity index (χ1n) is 7.97. The van der Waals surface area contributed by atoms with Crippen LogP contribution in [-0.2, 0) is 9.84 Å². The number of rotatable bonds is 5. The lowest BCUT2D eigenvalue weighted by molar-refractivity contribution is 0.145. The summed E-state index contributed by atoms with van der Waals surface area (Å²) in [6.45, 7) is 11.8. The van der Waals surface area contributed by atoms with Gasteiger partial charge in [0.05, 0.1) is 23.7 Å². The summed E-state index contributed by atoms with van der Waals surface area (Å²) in [6, 6.07) is 0. The molecule has 1 atom stereocenters. The maximum absolute atomic E-state index is 12.1. The van der Waals surface area contributed by atoms with E-state index >= 15 is 0 Å². The summed E-state index contributed by atoms with van der Waals surface area (Å²) in [5.74, 6) is 0.883. The summed E-state index contributed by atoms with van der Waals surface area (Å²) in [6.07, 6.45) is 0.840. The quantitative estimate of drug-likeness (QED) is 0.369. The average molecular weight is 461 g/mol. The lowest BCUT2D eigenvalue weighted by Crippen LogP contribution is -2.57. The van der Waals surface area contributed by atoms with Crippen molar-refractivity contribution in [2.75, 3.05) is 38.5 Å². The number of aliphatic hydroxyl groups excluding tert-OH is 1. The monoisotopic (exact) mass is 461 g/mol. The van der Waals surface area contributed by atoms with Crippen molar-refractivity contribution in [3.05, 3.63) is 0 Å². The second kappa shape index (κ2) is 8.84. The van der Waals surface area contributed by atoms with Crippen LogP contribution in [0.2, 0.25) is 0 Å². The van der Waals surface area contributed by atoms with Gasteiger partial charge in [-0.25, -0.2) is 8.42 Å². The van der Waals surface area contributed by atoms with Crippen LogP contribution in [0.25, 0.3) is 0 Å². The zero-order valence-electron chi connectivity index (χ0n) is 14.9. The average Bonchev–Trinajstić information content (AvgIpc) is 2.46. The molecule has 0 radical (unpaired) electrons. The Morgan fingerprint density at radius 3 is 2.43 bits per heavy atom. The van der Waals surface area contributed by atoms with E-state index in [4.69, 9.17) is 0 Å². The maximum atomic E-state index is 12.1. The Hall–Kier alpha value is -0.0900. The molecule has 0 aromatic rings.